The molecule has 15 atom stereocenters. The number of fused-ring (bicyclic) bond motifs is 2. The lowest BCUT2D eigenvalue weighted by molar-refractivity contribution is -0.357. The Morgan fingerprint density at radius 2 is 1.26 bits per heavy atom. The van der Waals surface area contributed by atoms with Gasteiger partial charge in [0.1, 0.15) is 61.0 Å². The molecule has 0 amide bonds. The van der Waals surface area contributed by atoms with E-state index in [4.69, 9.17) is 28.4 Å². The third-order valence-electron chi connectivity index (χ3n) is 6.71. The molecule has 4 rings (SSSR count). The van der Waals surface area contributed by atoms with Crippen LogP contribution in [0.2, 0.25) is 0 Å². The van der Waals surface area contributed by atoms with Crippen LogP contribution in [-0.4, -0.2) is 158 Å². The molecule has 4 aliphatic rings. The molecule has 0 radical (unpaired) electrons. The largest absolute Gasteiger partial charge is 0.396 e. The summed E-state index contributed by atoms with van der Waals surface area (Å²) in [7, 11) is 0. The molecule has 198 valence electrons. The number of aliphatic hydroxyl groups is 9. The van der Waals surface area contributed by atoms with Crippen molar-refractivity contribution in [3.05, 3.63) is 0 Å². The highest BCUT2D eigenvalue weighted by atomic mass is 16.8. The van der Waals surface area contributed by atoms with E-state index in [1.807, 2.05) is 0 Å². The Labute approximate surface area is 193 Å². The van der Waals surface area contributed by atoms with Crippen molar-refractivity contribution in [2.45, 2.75) is 86.0 Å². The van der Waals surface area contributed by atoms with Crippen LogP contribution >= 0.6 is 0 Å². The lowest BCUT2D eigenvalue weighted by Crippen LogP contribution is -2.64. The summed E-state index contributed by atoms with van der Waals surface area (Å²) in [6.45, 7) is -1.84. The fourth-order valence-corrected chi connectivity index (χ4v) is 4.72. The fraction of sp³-hybridized carbons (Fsp3) is 1.00. The highest BCUT2D eigenvalue weighted by Crippen LogP contribution is 2.39. The van der Waals surface area contributed by atoms with E-state index in [9.17, 15) is 46.0 Å². The van der Waals surface area contributed by atoms with Gasteiger partial charge in [-0.3, -0.25) is 0 Å². The summed E-state index contributed by atoms with van der Waals surface area (Å²) in [5.41, 5.74) is 0. The zero-order valence-corrected chi connectivity index (χ0v) is 18.0. The highest BCUT2D eigenvalue weighted by Gasteiger charge is 2.56. The lowest BCUT2D eigenvalue weighted by atomic mass is 9.92. The lowest BCUT2D eigenvalue weighted by Gasteiger charge is -2.46. The quantitative estimate of drug-likeness (QED) is 0.158. The van der Waals surface area contributed by atoms with Gasteiger partial charge in [0.25, 0.3) is 0 Å². The molecule has 4 fully saturated rings. The minimum absolute atomic E-state index is 0.0100. The van der Waals surface area contributed by atoms with Crippen molar-refractivity contribution in [1.82, 2.24) is 0 Å². The number of hydrogen-bond acceptors (Lipinski definition) is 15. The van der Waals surface area contributed by atoms with Crippen molar-refractivity contribution in [2.75, 3.05) is 26.4 Å². The van der Waals surface area contributed by atoms with E-state index < -0.39 is 112 Å². The molecule has 15 heteroatoms. The van der Waals surface area contributed by atoms with E-state index in [1.54, 1.807) is 0 Å². The van der Waals surface area contributed by atoms with Crippen LogP contribution in [0, 0.1) is 5.92 Å². The van der Waals surface area contributed by atoms with Gasteiger partial charge >= 0.3 is 0 Å². The first-order valence-electron chi connectivity index (χ1n) is 11.0. The van der Waals surface area contributed by atoms with Crippen LogP contribution in [0.4, 0.5) is 0 Å². The average molecular weight is 500 g/mol. The van der Waals surface area contributed by atoms with Gasteiger partial charge in [0, 0.05) is 0 Å². The third kappa shape index (κ3) is 4.72. The molecule has 15 nitrogen and oxygen atoms in total. The van der Waals surface area contributed by atoms with E-state index in [0.717, 1.165) is 0 Å². The van der Waals surface area contributed by atoms with Gasteiger partial charge in [-0.25, -0.2) is 0 Å². The predicted octanol–water partition coefficient (Wildman–Crippen LogP) is -6.28. The topological polar surface area (TPSA) is 237 Å². The van der Waals surface area contributed by atoms with Crippen molar-refractivity contribution in [3.8, 4) is 0 Å². The molecule has 0 aromatic rings. The third-order valence-corrected chi connectivity index (χ3v) is 6.71. The first-order chi connectivity index (χ1) is 16.2. The van der Waals surface area contributed by atoms with Gasteiger partial charge in [-0.15, -0.1) is 0 Å². The van der Waals surface area contributed by atoms with Gasteiger partial charge < -0.3 is 74.4 Å². The van der Waals surface area contributed by atoms with Crippen LogP contribution in [0.25, 0.3) is 0 Å². The molecule has 4 heterocycles. The zero-order valence-electron chi connectivity index (χ0n) is 18.0. The molecule has 0 unspecified atom stereocenters. The second-order valence-electron chi connectivity index (χ2n) is 8.81. The molecule has 0 saturated carbocycles. The fourth-order valence-electron chi connectivity index (χ4n) is 4.72. The maximum atomic E-state index is 10.4. The van der Waals surface area contributed by atoms with Gasteiger partial charge in [-0.2, -0.15) is 0 Å². The van der Waals surface area contributed by atoms with Crippen molar-refractivity contribution >= 4 is 0 Å². The molecular formula is C19H32O15. The van der Waals surface area contributed by atoms with Crippen LogP contribution in [0.3, 0.4) is 0 Å². The van der Waals surface area contributed by atoms with Crippen molar-refractivity contribution in [2.24, 2.45) is 5.92 Å². The first kappa shape index (κ1) is 26.5. The van der Waals surface area contributed by atoms with Gasteiger partial charge in [0.2, 0.25) is 0 Å². The van der Waals surface area contributed by atoms with Gasteiger partial charge in [-0.1, -0.05) is 0 Å². The van der Waals surface area contributed by atoms with Crippen LogP contribution in [-0.2, 0) is 28.4 Å². The van der Waals surface area contributed by atoms with Crippen molar-refractivity contribution < 1.29 is 74.4 Å². The summed E-state index contributed by atoms with van der Waals surface area (Å²) in [6, 6.07) is 0. The van der Waals surface area contributed by atoms with Gasteiger partial charge in [0.15, 0.2) is 18.9 Å². The van der Waals surface area contributed by atoms with Crippen LogP contribution in [0.5, 0.6) is 0 Å². The molecule has 0 aromatic carbocycles. The Kier molecular flexibility index (Phi) is 8.40. The first-order valence-corrected chi connectivity index (χ1v) is 11.0. The van der Waals surface area contributed by atoms with E-state index in [0.29, 0.717) is 0 Å². The van der Waals surface area contributed by atoms with E-state index >= 15 is 0 Å². The minimum atomic E-state index is -1.74. The van der Waals surface area contributed by atoms with Crippen LogP contribution in [0.1, 0.15) is 0 Å². The average Bonchev–Trinajstić information content (AvgIpc) is 3.10. The van der Waals surface area contributed by atoms with Crippen molar-refractivity contribution in [1.29, 1.82) is 0 Å². The summed E-state index contributed by atoms with van der Waals surface area (Å²) < 4.78 is 33.3. The molecule has 2 bridgehead atoms. The Morgan fingerprint density at radius 3 is 1.91 bits per heavy atom. The number of aliphatic hydroxyl groups excluding tert-OH is 9. The SMILES string of the molecule is OC[C@@H]1[C@H](O[C@@H]2[C@@H](O)[C@H](O)O[C@H](CO)[C@@H]2O)O[C@H]2CO[C@@H]1[C@@H]2O[C@@H]1O[C@H](CO)[C@H](O)[C@H](O)[C@H]1O. The number of rotatable bonds is 7. The Balaban J connectivity index is 1.46. The number of hydrogen-bond donors (Lipinski definition) is 9. The smallest absolute Gasteiger partial charge is 0.187 e. The summed E-state index contributed by atoms with van der Waals surface area (Å²) in [5, 5.41) is 89.4. The Morgan fingerprint density at radius 1 is 0.618 bits per heavy atom. The van der Waals surface area contributed by atoms with Crippen LogP contribution in [0.15, 0.2) is 0 Å². The predicted molar refractivity (Wildman–Crippen MR) is 102 cm³/mol. The summed E-state index contributed by atoms with van der Waals surface area (Å²) in [5.74, 6) is -0.916. The highest BCUT2D eigenvalue weighted by molar-refractivity contribution is 4.99. The van der Waals surface area contributed by atoms with E-state index in [2.05, 4.69) is 0 Å². The molecule has 0 aromatic heterocycles. The second kappa shape index (κ2) is 10.8. The van der Waals surface area contributed by atoms with E-state index in [1.165, 1.54) is 0 Å². The molecular weight excluding hydrogens is 468 g/mol. The standard InChI is InChI=1S/C19H32O15/c20-1-5-14-15(33-19-12(26)11(25)9(23)6(2-21)31-19)8(4-29-14)32-18(5)34-16-10(24)7(3-22)30-17(28)13(16)27/h5-28H,1-4H2/t5-,6+,7+,8-,9-,10-,11-,12+,13+,14-,15+,16-,17+,18-,19-/m0/s1. The Bertz CT molecular complexity index is 668. The zero-order chi connectivity index (χ0) is 24.7. The molecule has 34 heavy (non-hydrogen) atoms. The molecule has 9 N–H and O–H groups in total. The maximum absolute atomic E-state index is 10.4. The molecule has 4 aliphatic heterocycles. The normalized spacial score (nSPS) is 53.7. The van der Waals surface area contributed by atoms with Gasteiger partial charge in [-0.05, 0) is 0 Å². The van der Waals surface area contributed by atoms with Crippen LogP contribution < -0.4 is 0 Å². The monoisotopic (exact) mass is 500 g/mol. The van der Waals surface area contributed by atoms with Gasteiger partial charge in [0.05, 0.1) is 38.4 Å². The maximum Gasteiger partial charge on any atom is 0.187 e. The van der Waals surface area contributed by atoms with E-state index in [-0.39, 0.29) is 6.61 Å². The summed E-state index contributed by atoms with van der Waals surface area (Å²) in [4.78, 5) is 0. The molecule has 4 saturated heterocycles. The van der Waals surface area contributed by atoms with Crippen molar-refractivity contribution in [3.63, 3.8) is 0 Å². The second-order valence-corrected chi connectivity index (χ2v) is 8.81. The molecule has 0 spiro atoms. The molecule has 0 aliphatic carbocycles. The Hall–Kier alpha value is -0.600. The minimum Gasteiger partial charge on any atom is -0.396 e. The summed E-state index contributed by atoms with van der Waals surface area (Å²) >= 11 is 0. The number of ether oxygens (including phenoxy) is 6. The summed E-state index contributed by atoms with van der Waals surface area (Å²) in [6.07, 6.45) is -18.9.